The van der Waals surface area contributed by atoms with Gasteiger partial charge in [0.2, 0.25) is 0 Å². The third-order valence-corrected chi connectivity index (χ3v) is 10.3. The molecule has 0 radical (unpaired) electrons. The Bertz CT molecular complexity index is 2520. The minimum absolute atomic E-state index is 0.324. The van der Waals surface area contributed by atoms with E-state index in [2.05, 4.69) is 134 Å². The topological polar surface area (TPSA) is 22.8 Å². The predicted octanol–water partition coefficient (Wildman–Crippen LogP) is 11.4. The van der Waals surface area contributed by atoms with Gasteiger partial charge in [0.25, 0.3) is 0 Å². The normalized spacial score (nSPS) is 17.1. The first-order valence-electron chi connectivity index (χ1n) is 16.0. The smallest absolute Gasteiger partial charge is 0.187 e. The molecule has 2 aliphatic rings. The number of hydrogen-bond donors (Lipinski definition) is 0. The fourth-order valence-corrected chi connectivity index (χ4v) is 8.04. The first kappa shape index (κ1) is 27.5. The predicted molar refractivity (Wildman–Crippen MR) is 193 cm³/mol. The number of ether oxygens (including phenoxy) is 2. The number of rotatable bonds is 3. The number of benzene rings is 7. The van der Waals surface area contributed by atoms with Crippen molar-refractivity contribution in [1.29, 1.82) is 0 Å². The van der Waals surface area contributed by atoms with E-state index in [4.69, 9.17) is 16.0 Å². The molecule has 1 atom stereocenters. The molecule has 1 aliphatic heterocycles. The minimum Gasteiger partial charge on any atom is -0.497 e. The van der Waals surface area contributed by atoms with Crippen LogP contribution in [-0.2, 0) is 11.0 Å². The molecule has 0 saturated heterocycles. The summed E-state index contributed by atoms with van der Waals surface area (Å²) < 4.78 is 13.1. The summed E-state index contributed by atoms with van der Waals surface area (Å²) in [6, 6.07) is 42.7. The Hall–Kier alpha value is -5.85. The van der Waals surface area contributed by atoms with Crippen molar-refractivity contribution in [2.45, 2.75) is 24.9 Å². The quantitative estimate of drug-likeness (QED) is 0.148. The second-order valence-corrected chi connectivity index (χ2v) is 13.1. The Morgan fingerprint density at radius 2 is 1.36 bits per heavy atom. The van der Waals surface area contributed by atoms with Crippen molar-refractivity contribution in [3.8, 4) is 22.6 Å². The van der Waals surface area contributed by atoms with Gasteiger partial charge in [-0.25, -0.2) is 4.85 Å². The molecule has 47 heavy (non-hydrogen) atoms. The molecule has 7 aromatic carbocycles. The molecule has 0 saturated carbocycles. The molecule has 0 bridgehead atoms. The van der Waals surface area contributed by atoms with Crippen molar-refractivity contribution in [2.75, 3.05) is 7.11 Å². The van der Waals surface area contributed by atoms with E-state index >= 15 is 0 Å². The lowest BCUT2D eigenvalue weighted by Crippen LogP contribution is -2.35. The third-order valence-electron chi connectivity index (χ3n) is 10.3. The van der Waals surface area contributed by atoms with E-state index in [9.17, 15) is 0 Å². The Balaban J connectivity index is 1.34. The zero-order valence-electron chi connectivity index (χ0n) is 26.5. The van der Waals surface area contributed by atoms with Crippen molar-refractivity contribution in [3.63, 3.8) is 0 Å². The average molecular weight is 606 g/mol. The van der Waals surface area contributed by atoms with E-state index in [-0.39, 0.29) is 5.41 Å². The Morgan fingerprint density at radius 1 is 0.681 bits per heavy atom. The molecule has 0 spiro atoms. The standard InChI is InChI=1S/C44H31NO2/c1-43(2)39-26-31(45-3)19-22-36(39)40-34-11-7-8-12-35(34)42-37(41(40)43)23-24-44(47-42,29-17-20-32(46-4)21-18-29)30-16-15-28-14-13-27-9-5-6-10-33(27)38(28)25-30/h5-26H,1-2,4H3. The van der Waals surface area contributed by atoms with E-state index in [1.54, 1.807) is 7.11 Å². The van der Waals surface area contributed by atoms with Gasteiger partial charge in [0.05, 0.1) is 13.7 Å². The molecule has 224 valence electrons. The van der Waals surface area contributed by atoms with Crippen molar-refractivity contribution < 1.29 is 9.47 Å². The molecule has 0 amide bonds. The Morgan fingerprint density at radius 3 is 2.13 bits per heavy atom. The van der Waals surface area contributed by atoms with Crippen LogP contribution in [0.2, 0.25) is 0 Å². The van der Waals surface area contributed by atoms with Crippen molar-refractivity contribution in [2.24, 2.45) is 0 Å². The SMILES string of the molecule is [C-]#[N+]c1ccc2c(c1)C(C)(C)c1c3c(c4ccccc4c1-2)OC(c1ccc(OC)cc1)(c1ccc2ccc4ccccc4c2c1)C=C3. The van der Waals surface area contributed by atoms with Crippen LogP contribution in [0.5, 0.6) is 11.5 Å². The lowest BCUT2D eigenvalue weighted by Gasteiger charge is -2.38. The van der Waals surface area contributed by atoms with Gasteiger partial charge in [0.1, 0.15) is 11.5 Å². The van der Waals surface area contributed by atoms with Crippen LogP contribution < -0.4 is 9.47 Å². The summed E-state index contributed by atoms with van der Waals surface area (Å²) in [6.45, 7) is 12.2. The maximum absolute atomic E-state index is 7.69. The maximum Gasteiger partial charge on any atom is 0.187 e. The first-order chi connectivity index (χ1) is 22.9. The van der Waals surface area contributed by atoms with Crippen molar-refractivity contribution in [1.82, 2.24) is 0 Å². The highest BCUT2D eigenvalue weighted by atomic mass is 16.5. The van der Waals surface area contributed by atoms with Gasteiger partial charge < -0.3 is 9.47 Å². The average Bonchev–Trinajstić information content (AvgIpc) is 3.37. The molecule has 9 rings (SSSR count). The number of methoxy groups -OCH3 is 1. The van der Waals surface area contributed by atoms with Crippen LogP contribution in [0.15, 0.2) is 127 Å². The number of nitrogens with zero attached hydrogens (tertiary/aromatic N) is 1. The molecule has 3 heteroatoms. The van der Waals surface area contributed by atoms with E-state index < -0.39 is 5.60 Å². The fourth-order valence-electron chi connectivity index (χ4n) is 8.04. The molecule has 7 aromatic rings. The summed E-state index contributed by atoms with van der Waals surface area (Å²) in [4.78, 5) is 3.77. The molecule has 3 nitrogen and oxygen atoms in total. The van der Waals surface area contributed by atoms with Gasteiger partial charge in [0, 0.05) is 27.5 Å². The zero-order valence-corrected chi connectivity index (χ0v) is 26.5. The molecule has 1 heterocycles. The van der Waals surface area contributed by atoms with Crippen LogP contribution in [0, 0.1) is 6.57 Å². The molecular formula is C44H31NO2. The number of fused-ring (bicyclic) bond motifs is 11. The van der Waals surface area contributed by atoms with Crippen LogP contribution in [0.3, 0.4) is 0 Å². The molecule has 0 fully saturated rings. The van der Waals surface area contributed by atoms with Gasteiger partial charge in [0.15, 0.2) is 11.3 Å². The summed E-state index contributed by atoms with van der Waals surface area (Å²) in [6.07, 6.45) is 4.52. The number of hydrogen-bond acceptors (Lipinski definition) is 2. The molecular weight excluding hydrogens is 574 g/mol. The summed E-state index contributed by atoms with van der Waals surface area (Å²) >= 11 is 0. The monoisotopic (exact) mass is 605 g/mol. The molecule has 0 N–H and O–H groups in total. The maximum atomic E-state index is 7.69. The van der Waals surface area contributed by atoms with Crippen molar-refractivity contribution in [3.05, 3.63) is 167 Å². The highest BCUT2D eigenvalue weighted by Gasteiger charge is 2.44. The van der Waals surface area contributed by atoms with Crippen LogP contribution in [0.4, 0.5) is 5.69 Å². The largest absolute Gasteiger partial charge is 0.497 e. The molecule has 1 aliphatic carbocycles. The molecule has 1 unspecified atom stereocenters. The van der Waals surface area contributed by atoms with Crippen molar-refractivity contribution >= 4 is 44.1 Å². The van der Waals surface area contributed by atoms with Gasteiger partial charge in [-0.3, -0.25) is 0 Å². The highest BCUT2D eigenvalue weighted by Crippen LogP contribution is 2.58. The lowest BCUT2D eigenvalue weighted by atomic mass is 9.76. The third kappa shape index (κ3) is 3.79. The minimum atomic E-state index is -0.895. The first-order valence-corrected chi connectivity index (χ1v) is 16.0. The van der Waals surface area contributed by atoms with Crippen LogP contribution in [0.1, 0.15) is 41.7 Å². The van der Waals surface area contributed by atoms with Gasteiger partial charge in [-0.15, -0.1) is 0 Å². The van der Waals surface area contributed by atoms with Gasteiger partial charge in [-0.1, -0.05) is 123 Å². The van der Waals surface area contributed by atoms with E-state index in [0.717, 1.165) is 39.0 Å². The molecule has 0 aromatic heterocycles. The van der Waals surface area contributed by atoms with E-state index in [1.807, 2.05) is 18.2 Å². The Labute approximate surface area is 274 Å². The summed E-state index contributed by atoms with van der Waals surface area (Å²) in [7, 11) is 1.69. The second kappa shape index (κ2) is 9.82. The zero-order chi connectivity index (χ0) is 31.9. The fraction of sp³-hybridized carbons (Fsp3) is 0.114. The lowest BCUT2D eigenvalue weighted by molar-refractivity contribution is 0.163. The van der Waals surface area contributed by atoms with Crippen LogP contribution in [0.25, 0.3) is 54.4 Å². The second-order valence-electron chi connectivity index (χ2n) is 13.1. The van der Waals surface area contributed by atoms with Gasteiger partial charge in [-0.05, 0) is 73.5 Å². The van der Waals surface area contributed by atoms with Crippen LogP contribution in [-0.4, -0.2) is 7.11 Å². The Kier molecular flexibility index (Phi) is 5.74. The summed E-state index contributed by atoms with van der Waals surface area (Å²) in [5.41, 5.74) is 7.47. The van der Waals surface area contributed by atoms with E-state index in [1.165, 1.54) is 43.8 Å². The van der Waals surface area contributed by atoms with Crippen LogP contribution >= 0.6 is 0 Å². The highest BCUT2D eigenvalue weighted by molar-refractivity contribution is 6.09. The summed E-state index contributed by atoms with van der Waals surface area (Å²) in [5.74, 6) is 1.68. The van der Waals surface area contributed by atoms with E-state index in [0.29, 0.717) is 5.69 Å². The van der Waals surface area contributed by atoms with Gasteiger partial charge in [-0.2, -0.15) is 0 Å². The van der Waals surface area contributed by atoms with Gasteiger partial charge >= 0.3 is 0 Å². The summed E-state index contributed by atoms with van der Waals surface area (Å²) in [5, 5.41) is 7.06.